The molecule has 0 aromatic heterocycles. The molecule has 0 bridgehead atoms. The fraction of sp³-hybridized carbons (Fsp3) is 0.533. The molecule has 1 N–H and O–H groups in total. The van der Waals surface area contributed by atoms with Crippen LogP contribution in [0.2, 0.25) is 0 Å². The molecule has 1 aliphatic heterocycles. The monoisotopic (exact) mass is 356 g/mol. The van der Waals surface area contributed by atoms with Gasteiger partial charge in [-0.2, -0.15) is 0 Å². The zero-order valence-electron chi connectivity index (χ0n) is 12.4. The predicted octanol–water partition coefficient (Wildman–Crippen LogP) is 1.79. The second kappa shape index (κ2) is 7.77. The largest absolute Gasteiger partial charge is 0.481 e. The van der Waals surface area contributed by atoms with Crippen LogP contribution in [-0.2, 0) is 16.1 Å². The van der Waals surface area contributed by atoms with Crippen LogP contribution in [0.15, 0.2) is 22.7 Å². The van der Waals surface area contributed by atoms with Gasteiger partial charge in [-0.1, -0.05) is 15.9 Å². The van der Waals surface area contributed by atoms with Gasteiger partial charge in [-0.05, 0) is 37.7 Å². The average molecular weight is 357 g/mol. The van der Waals surface area contributed by atoms with Crippen molar-refractivity contribution >= 4 is 21.8 Å². The van der Waals surface area contributed by atoms with Gasteiger partial charge in [0.05, 0.1) is 13.2 Å². The second-order valence-corrected chi connectivity index (χ2v) is 5.84. The van der Waals surface area contributed by atoms with Crippen molar-refractivity contribution in [3.63, 3.8) is 0 Å². The normalized spacial score (nSPS) is 16.6. The Hall–Kier alpha value is -1.11. The van der Waals surface area contributed by atoms with Crippen molar-refractivity contribution in [2.45, 2.75) is 19.6 Å². The molecule has 1 aliphatic rings. The zero-order chi connectivity index (χ0) is 15.2. The van der Waals surface area contributed by atoms with Crippen molar-refractivity contribution in [3.05, 3.63) is 28.2 Å². The van der Waals surface area contributed by atoms with Crippen molar-refractivity contribution in [2.75, 3.05) is 33.4 Å². The lowest BCUT2D eigenvalue weighted by molar-refractivity contribution is -0.142. The highest BCUT2D eigenvalue weighted by Crippen LogP contribution is 2.23. The first kappa shape index (κ1) is 16.3. The van der Waals surface area contributed by atoms with E-state index in [1.807, 2.05) is 25.2 Å². The fourth-order valence-electron chi connectivity index (χ4n) is 2.25. The minimum atomic E-state index is -0.494. The van der Waals surface area contributed by atoms with Crippen LogP contribution >= 0.6 is 15.9 Å². The van der Waals surface area contributed by atoms with Crippen LogP contribution in [0.1, 0.15) is 12.5 Å². The van der Waals surface area contributed by atoms with Crippen LogP contribution in [0, 0.1) is 0 Å². The summed E-state index contributed by atoms with van der Waals surface area (Å²) in [5, 5.41) is 3.11. The molecule has 1 heterocycles. The maximum absolute atomic E-state index is 12.3. The van der Waals surface area contributed by atoms with Crippen molar-refractivity contribution in [3.8, 4) is 5.75 Å². The van der Waals surface area contributed by atoms with Crippen molar-refractivity contribution < 1.29 is 14.3 Å². The molecule has 1 atom stereocenters. The van der Waals surface area contributed by atoms with Crippen LogP contribution < -0.4 is 10.1 Å². The first-order valence-corrected chi connectivity index (χ1v) is 7.87. The van der Waals surface area contributed by atoms with Gasteiger partial charge in [0, 0.05) is 24.1 Å². The minimum absolute atomic E-state index is 0.0105. The first-order chi connectivity index (χ1) is 10.1. The summed E-state index contributed by atoms with van der Waals surface area (Å²) in [7, 11) is 1.89. The Morgan fingerprint density at radius 1 is 1.48 bits per heavy atom. The third-order valence-corrected chi connectivity index (χ3v) is 4.14. The maximum Gasteiger partial charge on any atom is 0.263 e. The van der Waals surface area contributed by atoms with E-state index >= 15 is 0 Å². The minimum Gasteiger partial charge on any atom is -0.481 e. The van der Waals surface area contributed by atoms with E-state index in [0.29, 0.717) is 32.1 Å². The number of amides is 1. The highest BCUT2D eigenvalue weighted by atomic mass is 79.9. The molecule has 116 valence electrons. The highest BCUT2D eigenvalue weighted by molar-refractivity contribution is 9.10. The van der Waals surface area contributed by atoms with Crippen LogP contribution in [0.5, 0.6) is 5.75 Å². The van der Waals surface area contributed by atoms with Crippen molar-refractivity contribution in [1.29, 1.82) is 0 Å². The molecular weight excluding hydrogens is 336 g/mol. The molecule has 21 heavy (non-hydrogen) atoms. The molecule has 1 unspecified atom stereocenters. The number of hydrogen-bond acceptors (Lipinski definition) is 4. The molecule has 0 spiro atoms. The predicted molar refractivity (Wildman–Crippen MR) is 84.4 cm³/mol. The number of nitrogens with one attached hydrogen (secondary N) is 1. The number of hydrogen-bond donors (Lipinski definition) is 1. The second-order valence-electron chi connectivity index (χ2n) is 4.98. The van der Waals surface area contributed by atoms with E-state index in [0.717, 1.165) is 16.6 Å². The highest BCUT2D eigenvalue weighted by Gasteiger charge is 2.23. The summed E-state index contributed by atoms with van der Waals surface area (Å²) < 4.78 is 12.1. The molecule has 0 radical (unpaired) electrons. The Morgan fingerprint density at radius 3 is 2.86 bits per heavy atom. The number of carbonyl (C=O) groups excluding carboxylic acids is 1. The van der Waals surface area contributed by atoms with Gasteiger partial charge in [0.15, 0.2) is 6.10 Å². The standard InChI is InChI=1S/C15H21BrN2O3/c1-11(15(19)18-5-7-20-8-6-18)21-13-3-4-14(16)12(9-13)10-17-2/h3-4,9,11,17H,5-8,10H2,1-2H3. The molecule has 0 aliphatic carbocycles. The van der Waals surface area contributed by atoms with E-state index in [2.05, 4.69) is 21.2 Å². The molecule has 5 nitrogen and oxygen atoms in total. The lowest BCUT2D eigenvalue weighted by Crippen LogP contribution is -2.46. The molecular formula is C15H21BrN2O3. The number of nitrogens with zero attached hydrogens (tertiary/aromatic N) is 1. The Morgan fingerprint density at radius 2 is 2.19 bits per heavy atom. The van der Waals surface area contributed by atoms with Crippen LogP contribution in [0.25, 0.3) is 0 Å². The van der Waals surface area contributed by atoms with Gasteiger partial charge in [0.25, 0.3) is 5.91 Å². The molecule has 1 amide bonds. The fourth-order valence-corrected chi connectivity index (χ4v) is 2.63. The Kier molecular flexibility index (Phi) is 6.02. The van der Waals surface area contributed by atoms with Gasteiger partial charge in [0.2, 0.25) is 0 Å². The zero-order valence-corrected chi connectivity index (χ0v) is 14.0. The Bertz CT molecular complexity index is 490. The molecule has 2 rings (SSSR count). The molecule has 1 fully saturated rings. The van der Waals surface area contributed by atoms with Gasteiger partial charge in [-0.25, -0.2) is 0 Å². The lowest BCUT2D eigenvalue weighted by atomic mass is 10.2. The van der Waals surface area contributed by atoms with Gasteiger partial charge < -0.3 is 19.7 Å². The van der Waals surface area contributed by atoms with Crippen molar-refractivity contribution in [2.24, 2.45) is 0 Å². The molecule has 1 aromatic rings. The van der Waals surface area contributed by atoms with Crippen molar-refractivity contribution in [1.82, 2.24) is 10.2 Å². The maximum atomic E-state index is 12.3. The third kappa shape index (κ3) is 4.43. The van der Waals surface area contributed by atoms with E-state index in [4.69, 9.17) is 9.47 Å². The third-order valence-electron chi connectivity index (χ3n) is 3.37. The summed E-state index contributed by atoms with van der Waals surface area (Å²) in [6, 6.07) is 5.75. The van der Waals surface area contributed by atoms with Gasteiger partial charge in [-0.15, -0.1) is 0 Å². The summed E-state index contributed by atoms with van der Waals surface area (Å²) in [5.74, 6) is 0.717. The van der Waals surface area contributed by atoms with E-state index in [1.54, 1.807) is 11.8 Å². The summed E-state index contributed by atoms with van der Waals surface area (Å²) in [6.45, 7) is 5.00. The average Bonchev–Trinajstić information content (AvgIpc) is 2.51. The smallest absolute Gasteiger partial charge is 0.263 e. The van der Waals surface area contributed by atoms with Crippen LogP contribution in [0.4, 0.5) is 0 Å². The number of carbonyl (C=O) groups is 1. The summed E-state index contributed by atoms with van der Waals surface area (Å²) in [5.41, 5.74) is 1.10. The Balaban J connectivity index is 1.99. The SMILES string of the molecule is CNCc1cc(OC(C)C(=O)N2CCOCC2)ccc1Br. The van der Waals surface area contributed by atoms with Crippen LogP contribution in [0.3, 0.4) is 0 Å². The topological polar surface area (TPSA) is 50.8 Å². The number of morpholine rings is 1. The summed E-state index contributed by atoms with van der Waals surface area (Å²) in [6.07, 6.45) is -0.494. The van der Waals surface area contributed by atoms with E-state index in [1.165, 1.54) is 0 Å². The van der Waals surface area contributed by atoms with Gasteiger partial charge in [-0.3, -0.25) is 4.79 Å². The number of halogens is 1. The number of benzene rings is 1. The lowest BCUT2D eigenvalue weighted by Gasteiger charge is -2.29. The quantitative estimate of drug-likeness (QED) is 0.873. The van der Waals surface area contributed by atoms with Gasteiger partial charge >= 0.3 is 0 Å². The van der Waals surface area contributed by atoms with Crippen LogP contribution in [-0.4, -0.2) is 50.3 Å². The number of ether oxygens (including phenoxy) is 2. The van der Waals surface area contributed by atoms with E-state index in [-0.39, 0.29) is 5.91 Å². The molecule has 1 saturated heterocycles. The van der Waals surface area contributed by atoms with E-state index < -0.39 is 6.10 Å². The molecule has 6 heteroatoms. The Labute approximate surface area is 133 Å². The molecule has 1 aromatic carbocycles. The molecule has 0 saturated carbocycles. The number of rotatable bonds is 5. The summed E-state index contributed by atoms with van der Waals surface area (Å²) in [4.78, 5) is 14.1. The van der Waals surface area contributed by atoms with E-state index in [9.17, 15) is 4.79 Å². The summed E-state index contributed by atoms with van der Waals surface area (Å²) >= 11 is 3.50. The van der Waals surface area contributed by atoms with Gasteiger partial charge in [0.1, 0.15) is 5.75 Å². The first-order valence-electron chi connectivity index (χ1n) is 7.08.